The van der Waals surface area contributed by atoms with E-state index >= 15 is 0 Å². The van der Waals surface area contributed by atoms with E-state index in [2.05, 4.69) is 5.32 Å². The lowest BCUT2D eigenvalue weighted by atomic mass is 10.0. The molecule has 0 radical (unpaired) electrons. The summed E-state index contributed by atoms with van der Waals surface area (Å²) in [5.74, 6) is 0.211. The molecule has 0 heterocycles. The van der Waals surface area contributed by atoms with Crippen LogP contribution < -0.4 is 11.1 Å². The monoisotopic (exact) mass is 244 g/mol. The number of phenols is 1. The Labute approximate surface area is 106 Å². The fourth-order valence-electron chi connectivity index (χ4n) is 1.82. The molecule has 0 bridgehead atoms. The third-order valence-electron chi connectivity index (χ3n) is 2.63. The average molecular weight is 244 g/mol. The smallest absolute Gasteiger partial charge is 0.116 e. The maximum atomic E-state index is 9.52. The van der Waals surface area contributed by atoms with Gasteiger partial charge in [-0.3, -0.25) is 0 Å². The van der Waals surface area contributed by atoms with Crippen molar-refractivity contribution in [2.75, 3.05) is 24.2 Å². The Bertz CT molecular complexity index is 541. The summed E-state index contributed by atoms with van der Waals surface area (Å²) in [7, 11) is 0. The lowest BCUT2D eigenvalue weighted by Gasteiger charge is -2.12. The number of nitrogens with two attached hydrogens (primary N) is 1. The lowest BCUT2D eigenvalue weighted by Crippen LogP contribution is -2.06. The van der Waals surface area contributed by atoms with Gasteiger partial charge in [-0.2, -0.15) is 0 Å². The highest BCUT2D eigenvalue weighted by molar-refractivity contribution is 5.81. The highest BCUT2D eigenvalue weighted by atomic mass is 16.3. The molecule has 4 nitrogen and oxygen atoms in total. The predicted molar refractivity (Wildman–Crippen MR) is 73.5 cm³/mol. The molecule has 18 heavy (non-hydrogen) atoms. The van der Waals surface area contributed by atoms with E-state index in [1.54, 1.807) is 24.3 Å². The number of aliphatic hydroxyl groups excluding tert-OH is 1. The van der Waals surface area contributed by atoms with Crippen LogP contribution in [0.3, 0.4) is 0 Å². The number of hydrogen-bond acceptors (Lipinski definition) is 4. The van der Waals surface area contributed by atoms with Gasteiger partial charge in [0.1, 0.15) is 5.75 Å². The van der Waals surface area contributed by atoms with E-state index in [0.29, 0.717) is 12.2 Å². The number of rotatable bonds is 4. The van der Waals surface area contributed by atoms with Gasteiger partial charge in [-0.05, 0) is 35.9 Å². The molecule has 0 aliphatic heterocycles. The van der Waals surface area contributed by atoms with E-state index in [4.69, 9.17) is 10.8 Å². The zero-order valence-corrected chi connectivity index (χ0v) is 9.93. The molecular weight excluding hydrogens is 228 g/mol. The van der Waals surface area contributed by atoms with E-state index < -0.39 is 0 Å². The highest BCUT2D eigenvalue weighted by Gasteiger charge is 2.06. The molecular formula is C14H16N2O2. The lowest BCUT2D eigenvalue weighted by molar-refractivity contribution is 0.311. The van der Waals surface area contributed by atoms with E-state index in [1.165, 1.54) is 0 Å². The largest absolute Gasteiger partial charge is 0.508 e. The second-order valence-corrected chi connectivity index (χ2v) is 4.01. The zero-order chi connectivity index (χ0) is 13.0. The van der Waals surface area contributed by atoms with Crippen LogP contribution in [0.1, 0.15) is 0 Å². The Balaban J connectivity index is 2.44. The Morgan fingerprint density at radius 1 is 1.11 bits per heavy atom. The van der Waals surface area contributed by atoms with Crippen molar-refractivity contribution in [3.63, 3.8) is 0 Å². The predicted octanol–water partition coefficient (Wildman–Crippen LogP) is 2.05. The number of aliphatic hydroxyl groups is 1. The second-order valence-electron chi connectivity index (χ2n) is 4.01. The maximum Gasteiger partial charge on any atom is 0.116 e. The van der Waals surface area contributed by atoms with E-state index in [0.717, 1.165) is 16.8 Å². The fraction of sp³-hybridized carbons (Fsp3) is 0.143. The van der Waals surface area contributed by atoms with Gasteiger partial charge in [-0.25, -0.2) is 0 Å². The van der Waals surface area contributed by atoms with Crippen LogP contribution in [0.2, 0.25) is 0 Å². The fourth-order valence-corrected chi connectivity index (χ4v) is 1.82. The number of benzene rings is 2. The van der Waals surface area contributed by atoms with Crippen LogP contribution >= 0.6 is 0 Å². The summed E-state index contributed by atoms with van der Waals surface area (Å²) in [6, 6.07) is 12.5. The van der Waals surface area contributed by atoms with Gasteiger partial charge >= 0.3 is 0 Å². The summed E-state index contributed by atoms with van der Waals surface area (Å²) in [6.07, 6.45) is 0. The van der Waals surface area contributed by atoms with Crippen LogP contribution in [-0.4, -0.2) is 23.4 Å². The zero-order valence-electron chi connectivity index (χ0n) is 9.93. The number of nitrogens with one attached hydrogen (secondary N) is 1. The third-order valence-corrected chi connectivity index (χ3v) is 2.63. The molecule has 2 aromatic rings. The minimum atomic E-state index is 0.0594. The quantitative estimate of drug-likeness (QED) is 0.621. The molecule has 0 atom stereocenters. The van der Waals surface area contributed by atoms with E-state index in [9.17, 15) is 5.11 Å². The van der Waals surface area contributed by atoms with Gasteiger partial charge in [-0.15, -0.1) is 0 Å². The Morgan fingerprint density at radius 2 is 1.94 bits per heavy atom. The molecule has 2 aromatic carbocycles. The number of anilines is 2. The molecule has 0 aliphatic rings. The van der Waals surface area contributed by atoms with Crippen LogP contribution in [-0.2, 0) is 0 Å². The average Bonchev–Trinajstić information content (AvgIpc) is 2.37. The topological polar surface area (TPSA) is 78.5 Å². The number of nitrogen functional groups attached to an aromatic ring is 1. The first-order valence-corrected chi connectivity index (χ1v) is 5.74. The number of phenolic OH excluding ortho intramolecular Hbond substituents is 1. The Kier molecular flexibility index (Phi) is 3.69. The number of aromatic hydroxyl groups is 1. The summed E-state index contributed by atoms with van der Waals surface area (Å²) < 4.78 is 0. The van der Waals surface area contributed by atoms with Crippen molar-refractivity contribution < 1.29 is 10.2 Å². The van der Waals surface area contributed by atoms with Crippen molar-refractivity contribution in [1.29, 1.82) is 0 Å². The first-order valence-electron chi connectivity index (χ1n) is 5.74. The van der Waals surface area contributed by atoms with Crippen LogP contribution in [0, 0.1) is 0 Å². The van der Waals surface area contributed by atoms with Crippen molar-refractivity contribution in [3.8, 4) is 16.9 Å². The van der Waals surface area contributed by atoms with Gasteiger partial charge in [0.25, 0.3) is 0 Å². The van der Waals surface area contributed by atoms with Crippen LogP contribution in [0.4, 0.5) is 11.4 Å². The number of hydrogen-bond donors (Lipinski definition) is 4. The van der Waals surface area contributed by atoms with Gasteiger partial charge in [0.15, 0.2) is 0 Å². The van der Waals surface area contributed by atoms with Crippen molar-refractivity contribution in [3.05, 3.63) is 42.5 Å². The van der Waals surface area contributed by atoms with E-state index in [-0.39, 0.29) is 12.4 Å². The van der Waals surface area contributed by atoms with Gasteiger partial charge < -0.3 is 21.3 Å². The van der Waals surface area contributed by atoms with Crippen LogP contribution in [0.5, 0.6) is 5.75 Å². The molecule has 2 rings (SSSR count). The Hall–Kier alpha value is -2.20. The van der Waals surface area contributed by atoms with Crippen LogP contribution in [0.25, 0.3) is 11.1 Å². The molecule has 0 unspecified atom stereocenters. The minimum Gasteiger partial charge on any atom is -0.508 e. The highest BCUT2D eigenvalue weighted by Crippen LogP contribution is 2.31. The molecule has 0 spiro atoms. The first kappa shape index (κ1) is 12.3. The van der Waals surface area contributed by atoms with Gasteiger partial charge in [0, 0.05) is 23.5 Å². The van der Waals surface area contributed by atoms with Gasteiger partial charge in [-0.1, -0.05) is 12.1 Å². The minimum absolute atomic E-state index is 0.0594. The molecule has 0 amide bonds. The molecule has 5 N–H and O–H groups in total. The second kappa shape index (κ2) is 5.42. The van der Waals surface area contributed by atoms with Crippen molar-refractivity contribution in [2.45, 2.75) is 0 Å². The molecule has 0 fully saturated rings. The third kappa shape index (κ3) is 2.73. The van der Waals surface area contributed by atoms with Crippen molar-refractivity contribution in [2.24, 2.45) is 0 Å². The van der Waals surface area contributed by atoms with Gasteiger partial charge in [0.05, 0.1) is 6.61 Å². The molecule has 0 aliphatic carbocycles. The summed E-state index contributed by atoms with van der Waals surface area (Å²) in [6.45, 7) is 0.527. The summed E-state index contributed by atoms with van der Waals surface area (Å²) in [4.78, 5) is 0. The van der Waals surface area contributed by atoms with Crippen LogP contribution in [0.15, 0.2) is 42.5 Å². The van der Waals surface area contributed by atoms with E-state index in [1.807, 2.05) is 18.2 Å². The maximum absolute atomic E-state index is 9.52. The van der Waals surface area contributed by atoms with Gasteiger partial charge in [0.2, 0.25) is 0 Å². The normalized spacial score (nSPS) is 10.3. The standard InChI is InChI=1S/C14H16N2O2/c15-11-4-5-14(16-6-7-17)13(9-11)10-2-1-3-12(18)8-10/h1-5,8-9,16-18H,6-7,15H2. The Morgan fingerprint density at radius 3 is 2.67 bits per heavy atom. The molecule has 0 saturated heterocycles. The summed E-state index contributed by atoms with van der Waals surface area (Å²) >= 11 is 0. The van der Waals surface area contributed by atoms with Crippen molar-refractivity contribution >= 4 is 11.4 Å². The summed E-state index contributed by atoms with van der Waals surface area (Å²) in [5, 5.41) is 21.5. The molecule has 94 valence electrons. The molecule has 0 saturated carbocycles. The summed E-state index contributed by atoms with van der Waals surface area (Å²) in [5.41, 5.74) is 9.11. The van der Waals surface area contributed by atoms with Crippen molar-refractivity contribution in [1.82, 2.24) is 0 Å². The first-order chi connectivity index (χ1) is 8.70. The SMILES string of the molecule is Nc1ccc(NCCO)c(-c2cccc(O)c2)c1. The molecule has 0 aromatic heterocycles. The molecule has 4 heteroatoms.